The van der Waals surface area contributed by atoms with E-state index in [0.717, 1.165) is 19.4 Å². The standard InChI is InChI=1S/C13H26N2O/c1-4-13(6-5-7-13)9-15-12(16)11(14)8-10(2)3/h10-11H,4-9,14H2,1-3H3,(H,15,16). The van der Waals surface area contributed by atoms with E-state index in [4.69, 9.17) is 5.73 Å². The van der Waals surface area contributed by atoms with E-state index in [1.54, 1.807) is 0 Å². The fourth-order valence-electron chi connectivity index (χ4n) is 2.35. The van der Waals surface area contributed by atoms with Gasteiger partial charge in [-0.25, -0.2) is 0 Å². The van der Waals surface area contributed by atoms with Crippen molar-refractivity contribution in [2.45, 2.75) is 58.9 Å². The molecule has 0 heterocycles. The molecule has 1 aliphatic carbocycles. The van der Waals surface area contributed by atoms with E-state index in [1.165, 1.54) is 19.3 Å². The van der Waals surface area contributed by atoms with E-state index in [-0.39, 0.29) is 11.9 Å². The van der Waals surface area contributed by atoms with Gasteiger partial charge in [-0.15, -0.1) is 0 Å². The molecular formula is C13H26N2O. The summed E-state index contributed by atoms with van der Waals surface area (Å²) in [4.78, 5) is 11.7. The molecule has 1 saturated carbocycles. The fraction of sp³-hybridized carbons (Fsp3) is 0.923. The summed E-state index contributed by atoms with van der Waals surface area (Å²) in [6.45, 7) is 7.20. The number of hydrogen-bond donors (Lipinski definition) is 2. The second-order valence-corrected chi connectivity index (χ2v) is 5.66. The van der Waals surface area contributed by atoms with Gasteiger partial charge in [0.15, 0.2) is 0 Å². The number of nitrogens with two attached hydrogens (primary N) is 1. The lowest BCUT2D eigenvalue weighted by Crippen LogP contribution is -2.47. The van der Waals surface area contributed by atoms with E-state index in [1.807, 2.05) is 0 Å². The van der Waals surface area contributed by atoms with Crippen LogP contribution in [0, 0.1) is 11.3 Å². The van der Waals surface area contributed by atoms with Crippen LogP contribution in [-0.2, 0) is 4.79 Å². The average molecular weight is 226 g/mol. The number of hydrogen-bond acceptors (Lipinski definition) is 2. The molecule has 3 heteroatoms. The van der Waals surface area contributed by atoms with Crippen molar-refractivity contribution in [1.29, 1.82) is 0 Å². The number of carbonyl (C=O) groups is 1. The molecule has 3 nitrogen and oxygen atoms in total. The molecule has 0 spiro atoms. The first-order valence-corrected chi connectivity index (χ1v) is 6.52. The van der Waals surface area contributed by atoms with Crippen LogP contribution in [0.3, 0.4) is 0 Å². The minimum atomic E-state index is -0.339. The van der Waals surface area contributed by atoms with Gasteiger partial charge in [0.2, 0.25) is 5.91 Å². The fourth-order valence-corrected chi connectivity index (χ4v) is 2.35. The SMILES string of the molecule is CCC1(CNC(=O)C(N)CC(C)C)CCC1. The average Bonchev–Trinajstić information content (AvgIpc) is 2.15. The van der Waals surface area contributed by atoms with Crippen molar-refractivity contribution in [3.8, 4) is 0 Å². The van der Waals surface area contributed by atoms with Crippen molar-refractivity contribution >= 4 is 5.91 Å². The molecule has 1 atom stereocenters. The van der Waals surface area contributed by atoms with Crippen LogP contribution in [0.15, 0.2) is 0 Å². The number of nitrogens with one attached hydrogen (secondary N) is 1. The molecule has 94 valence electrons. The van der Waals surface area contributed by atoms with Crippen molar-refractivity contribution in [2.75, 3.05) is 6.54 Å². The molecule has 1 aliphatic rings. The smallest absolute Gasteiger partial charge is 0.236 e. The van der Waals surface area contributed by atoms with Crippen LogP contribution >= 0.6 is 0 Å². The van der Waals surface area contributed by atoms with E-state index in [2.05, 4.69) is 26.1 Å². The van der Waals surface area contributed by atoms with Crippen molar-refractivity contribution < 1.29 is 4.79 Å². The first kappa shape index (κ1) is 13.5. The van der Waals surface area contributed by atoms with Crippen LogP contribution in [0.25, 0.3) is 0 Å². The number of rotatable bonds is 6. The second-order valence-electron chi connectivity index (χ2n) is 5.66. The lowest BCUT2D eigenvalue weighted by Gasteiger charge is -2.41. The maximum atomic E-state index is 11.7. The zero-order valence-corrected chi connectivity index (χ0v) is 10.9. The Morgan fingerprint density at radius 1 is 1.44 bits per heavy atom. The summed E-state index contributed by atoms with van der Waals surface area (Å²) in [5.74, 6) is 0.498. The first-order valence-electron chi connectivity index (χ1n) is 6.52. The van der Waals surface area contributed by atoms with E-state index >= 15 is 0 Å². The van der Waals surface area contributed by atoms with Gasteiger partial charge in [-0.1, -0.05) is 27.2 Å². The normalized spacial score (nSPS) is 20.3. The summed E-state index contributed by atoms with van der Waals surface area (Å²) in [7, 11) is 0. The summed E-state index contributed by atoms with van der Waals surface area (Å²) < 4.78 is 0. The highest BCUT2D eigenvalue weighted by Gasteiger charge is 2.35. The van der Waals surface area contributed by atoms with Crippen LogP contribution in [0.2, 0.25) is 0 Å². The summed E-state index contributed by atoms with van der Waals surface area (Å²) in [5, 5.41) is 3.02. The molecule has 1 unspecified atom stereocenters. The summed E-state index contributed by atoms with van der Waals surface area (Å²) in [6.07, 6.45) is 5.74. The van der Waals surface area contributed by atoms with E-state index < -0.39 is 0 Å². The third-order valence-electron chi connectivity index (χ3n) is 3.86. The topological polar surface area (TPSA) is 55.1 Å². The number of amides is 1. The highest BCUT2D eigenvalue weighted by molar-refractivity contribution is 5.81. The van der Waals surface area contributed by atoms with Gasteiger partial charge in [-0.05, 0) is 37.0 Å². The van der Waals surface area contributed by atoms with Crippen LogP contribution in [-0.4, -0.2) is 18.5 Å². The zero-order valence-electron chi connectivity index (χ0n) is 10.9. The minimum Gasteiger partial charge on any atom is -0.354 e. The Bertz CT molecular complexity index is 229. The molecule has 16 heavy (non-hydrogen) atoms. The minimum absolute atomic E-state index is 0.0217. The van der Waals surface area contributed by atoms with Gasteiger partial charge in [0, 0.05) is 6.54 Å². The Morgan fingerprint density at radius 2 is 2.06 bits per heavy atom. The molecule has 0 saturated heterocycles. The lowest BCUT2D eigenvalue weighted by molar-refractivity contribution is -0.123. The Morgan fingerprint density at radius 3 is 2.44 bits per heavy atom. The molecule has 0 radical (unpaired) electrons. The highest BCUT2D eigenvalue weighted by atomic mass is 16.2. The second kappa shape index (κ2) is 5.67. The third-order valence-corrected chi connectivity index (χ3v) is 3.86. The van der Waals surface area contributed by atoms with Crippen molar-refractivity contribution in [3.63, 3.8) is 0 Å². The zero-order chi connectivity index (χ0) is 12.2. The predicted molar refractivity (Wildman–Crippen MR) is 67.0 cm³/mol. The monoisotopic (exact) mass is 226 g/mol. The highest BCUT2D eigenvalue weighted by Crippen LogP contribution is 2.42. The molecule has 0 aromatic carbocycles. The molecule has 0 aliphatic heterocycles. The van der Waals surface area contributed by atoms with Crippen LogP contribution < -0.4 is 11.1 Å². The molecule has 0 bridgehead atoms. The molecule has 1 fully saturated rings. The van der Waals surface area contributed by atoms with Gasteiger partial charge in [-0.3, -0.25) is 4.79 Å². The number of carbonyl (C=O) groups excluding carboxylic acids is 1. The largest absolute Gasteiger partial charge is 0.354 e. The predicted octanol–water partition coefficient (Wildman–Crippen LogP) is 2.06. The van der Waals surface area contributed by atoms with E-state index in [0.29, 0.717) is 11.3 Å². The van der Waals surface area contributed by atoms with Gasteiger partial charge < -0.3 is 11.1 Å². The molecule has 1 rings (SSSR count). The molecular weight excluding hydrogens is 200 g/mol. The molecule has 3 N–H and O–H groups in total. The van der Waals surface area contributed by atoms with Gasteiger partial charge in [-0.2, -0.15) is 0 Å². The van der Waals surface area contributed by atoms with Crippen LogP contribution in [0.1, 0.15) is 52.9 Å². The van der Waals surface area contributed by atoms with Crippen LogP contribution in [0.5, 0.6) is 0 Å². The molecule has 1 amide bonds. The van der Waals surface area contributed by atoms with Crippen molar-refractivity contribution in [1.82, 2.24) is 5.32 Å². The third kappa shape index (κ3) is 3.48. The Hall–Kier alpha value is -0.570. The maximum Gasteiger partial charge on any atom is 0.236 e. The van der Waals surface area contributed by atoms with Crippen molar-refractivity contribution in [2.24, 2.45) is 17.1 Å². The van der Waals surface area contributed by atoms with Crippen molar-refractivity contribution in [3.05, 3.63) is 0 Å². The maximum absolute atomic E-state index is 11.7. The summed E-state index contributed by atoms with van der Waals surface area (Å²) >= 11 is 0. The Kier molecular flexibility index (Phi) is 4.78. The lowest BCUT2D eigenvalue weighted by atomic mass is 9.67. The first-order chi connectivity index (χ1) is 7.49. The molecule has 0 aromatic rings. The molecule has 0 aromatic heterocycles. The van der Waals surface area contributed by atoms with Gasteiger partial charge in [0.05, 0.1) is 6.04 Å². The van der Waals surface area contributed by atoms with Gasteiger partial charge >= 0.3 is 0 Å². The Labute approximate surface area is 99.2 Å². The summed E-state index contributed by atoms with van der Waals surface area (Å²) in [6, 6.07) is -0.339. The summed E-state index contributed by atoms with van der Waals surface area (Å²) in [5.41, 5.74) is 6.22. The quantitative estimate of drug-likeness (QED) is 0.728. The van der Waals surface area contributed by atoms with Crippen LogP contribution in [0.4, 0.5) is 0 Å². The van der Waals surface area contributed by atoms with Gasteiger partial charge in [0.25, 0.3) is 0 Å². The van der Waals surface area contributed by atoms with Gasteiger partial charge in [0.1, 0.15) is 0 Å². The Balaban J connectivity index is 2.28. The van der Waals surface area contributed by atoms with E-state index in [9.17, 15) is 4.79 Å².